The molecule has 2 rings (SSSR count). The summed E-state index contributed by atoms with van der Waals surface area (Å²) in [6, 6.07) is 1.21. The van der Waals surface area contributed by atoms with E-state index in [9.17, 15) is 13.2 Å². The first kappa shape index (κ1) is 14.5. The first-order valence-electron chi connectivity index (χ1n) is 6.16. The molecule has 1 fully saturated rings. The summed E-state index contributed by atoms with van der Waals surface area (Å²) < 4.78 is 26.6. The van der Waals surface area contributed by atoms with Gasteiger partial charge in [0.2, 0.25) is 10.0 Å². The number of sulfonamides is 1. The van der Waals surface area contributed by atoms with Gasteiger partial charge < -0.3 is 5.11 Å². The molecule has 1 aromatic heterocycles. The smallest absolute Gasteiger partial charge is 0.347 e. The number of rotatable bonds is 6. The molecule has 0 aliphatic heterocycles. The molecule has 1 saturated carbocycles. The Kier molecular flexibility index (Phi) is 3.98. The van der Waals surface area contributed by atoms with Gasteiger partial charge in [-0.15, -0.1) is 11.3 Å². The monoisotopic (exact) mass is 303 g/mol. The van der Waals surface area contributed by atoms with E-state index in [0.717, 1.165) is 24.2 Å². The highest BCUT2D eigenvalue weighted by Crippen LogP contribution is 2.34. The molecule has 106 valence electrons. The molecule has 7 heteroatoms. The third kappa shape index (κ3) is 2.98. The van der Waals surface area contributed by atoms with Gasteiger partial charge >= 0.3 is 5.97 Å². The fourth-order valence-electron chi connectivity index (χ4n) is 1.92. The molecule has 5 nitrogen and oxygen atoms in total. The van der Waals surface area contributed by atoms with Gasteiger partial charge in [-0.25, -0.2) is 13.2 Å². The Bertz CT molecular complexity index is 572. The van der Waals surface area contributed by atoms with E-state index in [1.54, 1.807) is 0 Å². The molecule has 0 saturated heterocycles. The zero-order valence-corrected chi connectivity index (χ0v) is 12.5. The zero-order valence-electron chi connectivity index (χ0n) is 10.9. The lowest BCUT2D eigenvalue weighted by Crippen LogP contribution is -2.38. The van der Waals surface area contributed by atoms with E-state index in [2.05, 4.69) is 0 Å². The quantitative estimate of drug-likeness (QED) is 0.874. The summed E-state index contributed by atoms with van der Waals surface area (Å²) in [4.78, 5) is 10.9. The fraction of sp³-hybridized carbons (Fsp3) is 0.583. The van der Waals surface area contributed by atoms with Gasteiger partial charge in [-0.05, 0) is 44.1 Å². The van der Waals surface area contributed by atoms with Crippen molar-refractivity contribution < 1.29 is 18.3 Å². The van der Waals surface area contributed by atoms with Crippen LogP contribution < -0.4 is 0 Å². The molecule has 0 aromatic carbocycles. The Hall–Kier alpha value is -0.920. The van der Waals surface area contributed by atoms with Gasteiger partial charge in [0, 0.05) is 12.6 Å². The van der Waals surface area contributed by atoms with Crippen molar-refractivity contribution in [1.29, 1.82) is 0 Å². The molecule has 1 heterocycles. The minimum atomic E-state index is -3.72. The van der Waals surface area contributed by atoms with Crippen LogP contribution in [0.1, 0.15) is 36.4 Å². The highest BCUT2D eigenvalue weighted by Gasteiger charge is 2.35. The third-order valence-corrected chi connectivity index (χ3v) is 6.24. The summed E-state index contributed by atoms with van der Waals surface area (Å²) in [5.41, 5.74) is 0. The summed E-state index contributed by atoms with van der Waals surface area (Å²) in [5, 5.41) is 10.6. The van der Waals surface area contributed by atoms with Crippen molar-refractivity contribution >= 4 is 27.3 Å². The summed E-state index contributed by atoms with van der Waals surface area (Å²) in [6.45, 7) is 4.11. The lowest BCUT2D eigenvalue weighted by atomic mass is 10.3. The number of aromatic carboxylic acids is 1. The molecule has 0 spiro atoms. The minimum absolute atomic E-state index is 0.0839. The Morgan fingerprint density at radius 1 is 1.53 bits per heavy atom. The van der Waals surface area contributed by atoms with Gasteiger partial charge in [0.1, 0.15) is 9.77 Å². The topological polar surface area (TPSA) is 74.7 Å². The molecular formula is C12H17NO4S2. The first-order valence-corrected chi connectivity index (χ1v) is 8.48. The first-order chi connectivity index (χ1) is 8.84. The molecule has 0 atom stereocenters. The number of carboxylic acids is 1. The summed E-state index contributed by atoms with van der Waals surface area (Å²) in [7, 11) is -3.72. The maximum atomic E-state index is 12.6. The normalized spacial score (nSPS) is 16.2. The number of carbonyl (C=O) groups is 1. The Morgan fingerprint density at radius 3 is 2.63 bits per heavy atom. The van der Waals surface area contributed by atoms with Crippen LogP contribution in [-0.4, -0.2) is 36.4 Å². The van der Waals surface area contributed by atoms with E-state index in [-0.39, 0.29) is 15.8 Å². The van der Waals surface area contributed by atoms with E-state index < -0.39 is 16.0 Å². The average Bonchev–Trinajstić information content (AvgIpc) is 2.97. The fourth-order valence-corrected chi connectivity index (χ4v) is 4.87. The average molecular weight is 303 g/mol. The van der Waals surface area contributed by atoms with Gasteiger partial charge in [0.05, 0.1) is 0 Å². The summed E-state index contributed by atoms with van der Waals surface area (Å²) in [5.74, 6) is -0.771. The lowest BCUT2D eigenvalue weighted by Gasteiger charge is -2.25. The van der Waals surface area contributed by atoms with Gasteiger partial charge in [-0.3, -0.25) is 0 Å². The van der Waals surface area contributed by atoms with Gasteiger partial charge in [0.15, 0.2) is 0 Å². The van der Waals surface area contributed by atoms with Crippen LogP contribution in [0.25, 0.3) is 0 Å². The molecular weight excluding hydrogens is 286 g/mol. The van der Waals surface area contributed by atoms with Crippen LogP contribution in [0, 0.1) is 5.92 Å². The number of hydrogen-bond acceptors (Lipinski definition) is 4. The van der Waals surface area contributed by atoms with Crippen molar-refractivity contribution in [2.45, 2.75) is 37.6 Å². The SMILES string of the molecule is CC(C)N(CC1CC1)S(=O)(=O)c1ccsc1C(=O)O. The molecule has 0 amide bonds. The molecule has 1 aliphatic carbocycles. The summed E-state index contributed by atoms with van der Waals surface area (Å²) >= 11 is 0.943. The van der Waals surface area contributed by atoms with Crippen LogP contribution in [0.15, 0.2) is 16.3 Å². The van der Waals surface area contributed by atoms with Crippen molar-refractivity contribution in [3.05, 3.63) is 16.3 Å². The molecule has 0 radical (unpaired) electrons. The van der Waals surface area contributed by atoms with Crippen LogP contribution in [0.3, 0.4) is 0 Å². The summed E-state index contributed by atoms with van der Waals surface area (Å²) in [6.07, 6.45) is 2.10. The Balaban J connectivity index is 2.38. The number of carboxylic acid groups (broad SMARTS) is 1. The third-order valence-electron chi connectivity index (χ3n) is 3.12. The zero-order chi connectivity index (χ0) is 14.2. The molecule has 1 aromatic rings. The van der Waals surface area contributed by atoms with E-state index in [0.29, 0.717) is 12.5 Å². The van der Waals surface area contributed by atoms with Crippen molar-refractivity contribution in [2.75, 3.05) is 6.54 Å². The van der Waals surface area contributed by atoms with Crippen LogP contribution in [0.4, 0.5) is 0 Å². The molecule has 0 bridgehead atoms. The number of hydrogen-bond donors (Lipinski definition) is 1. The van der Waals surface area contributed by atoms with Crippen molar-refractivity contribution in [3.8, 4) is 0 Å². The highest BCUT2D eigenvalue weighted by molar-refractivity contribution is 7.89. The minimum Gasteiger partial charge on any atom is -0.477 e. The van der Waals surface area contributed by atoms with Crippen molar-refractivity contribution in [3.63, 3.8) is 0 Å². The highest BCUT2D eigenvalue weighted by atomic mass is 32.2. The van der Waals surface area contributed by atoms with Crippen LogP contribution >= 0.6 is 11.3 Å². The molecule has 0 unspecified atom stereocenters. The van der Waals surface area contributed by atoms with Crippen molar-refractivity contribution in [1.82, 2.24) is 4.31 Å². The van der Waals surface area contributed by atoms with Gasteiger partial charge in [0.25, 0.3) is 0 Å². The van der Waals surface area contributed by atoms with E-state index in [1.165, 1.54) is 15.8 Å². The predicted octanol–water partition coefficient (Wildman–Crippen LogP) is 2.26. The van der Waals surface area contributed by atoms with Crippen LogP contribution in [0.2, 0.25) is 0 Å². The van der Waals surface area contributed by atoms with Crippen LogP contribution in [0.5, 0.6) is 0 Å². The van der Waals surface area contributed by atoms with Gasteiger partial charge in [-0.2, -0.15) is 4.31 Å². The predicted molar refractivity (Wildman–Crippen MR) is 73.0 cm³/mol. The Morgan fingerprint density at radius 2 is 2.16 bits per heavy atom. The molecule has 1 N–H and O–H groups in total. The maximum Gasteiger partial charge on any atom is 0.347 e. The largest absolute Gasteiger partial charge is 0.477 e. The van der Waals surface area contributed by atoms with E-state index in [1.807, 2.05) is 13.8 Å². The van der Waals surface area contributed by atoms with E-state index in [4.69, 9.17) is 5.11 Å². The van der Waals surface area contributed by atoms with E-state index >= 15 is 0 Å². The number of nitrogens with zero attached hydrogens (tertiary/aromatic N) is 1. The number of thiophene rings is 1. The second kappa shape index (κ2) is 5.22. The lowest BCUT2D eigenvalue weighted by molar-refractivity contribution is 0.0698. The van der Waals surface area contributed by atoms with Gasteiger partial charge in [-0.1, -0.05) is 0 Å². The molecule has 1 aliphatic rings. The second-order valence-electron chi connectivity index (χ2n) is 5.03. The standard InChI is InChI=1S/C12H17NO4S2/c1-8(2)13(7-9-3-4-9)19(16,17)10-5-6-18-11(10)12(14)15/h5-6,8-9H,3-4,7H2,1-2H3,(H,14,15). The van der Waals surface area contributed by atoms with Crippen LogP contribution in [-0.2, 0) is 10.0 Å². The molecule has 19 heavy (non-hydrogen) atoms. The van der Waals surface area contributed by atoms with Crippen molar-refractivity contribution in [2.24, 2.45) is 5.92 Å². The Labute approximate surface area is 116 Å². The second-order valence-corrected chi connectivity index (χ2v) is 7.81. The maximum absolute atomic E-state index is 12.6.